The van der Waals surface area contributed by atoms with Gasteiger partial charge < -0.3 is 10.2 Å². The van der Waals surface area contributed by atoms with E-state index >= 15 is 0 Å². The van der Waals surface area contributed by atoms with Crippen molar-refractivity contribution in [3.8, 4) is 0 Å². The number of carbonyl (C=O) groups excluding carboxylic acids is 1. The number of carbonyl (C=O) groups is 3. The van der Waals surface area contributed by atoms with E-state index in [9.17, 15) is 22.8 Å². The molecule has 3 N–H and O–H groups in total. The van der Waals surface area contributed by atoms with Crippen LogP contribution in [0.3, 0.4) is 0 Å². The Kier molecular flexibility index (Phi) is 6.72. The molecule has 0 aromatic heterocycles. The number of hydrogen-bond acceptors (Lipinski definition) is 5. The minimum Gasteiger partial charge on any atom is -0.478 e. The number of benzene rings is 2. The summed E-state index contributed by atoms with van der Waals surface area (Å²) in [5.41, 5.74) is 3.64. The Morgan fingerprint density at radius 3 is 1.90 bits per heavy atom. The van der Waals surface area contributed by atoms with Gasteiger partial charge >= 0.3 is 11.9 Å². The van der Waals surface area contributed by atoms with E-state index in [1.807, 2.05) is 6.92 Å². The van der Waals surface area contributed by atoms with E-state index in [1.165, 1.54) is 37.3 Å². The molecule has 2 aromatic carbocycles. The summed E-state index contributed by atoms with van der Waals surface area (Å²) in [6, 6.07) is 10.7. The first-order valence-electron chi connectivity index (χ1n) is 8.49. The molecule has 2 aromatic rings. The molecule has 1 aliphatic heterocycles. The van der Waals surface area contributed by atoms with Gasteiger partial charge in [-0.3, -0.25) is 10.2 Å². The number of carboxylic acids is 2. The molecule has 29 heavy (non-hydrogen) atoms. The monoisotopic (exact) mass is 420 g/mol. The lowest BCUT2D eigenvalue weighted by atomic mass is 10.0. The molecule has 0 unspecified atom stereocenters. The lowest BCUT2D eigenvalue weighted by molar-refractivity contribution is -0.120. The normalized spacial score (nSPS) is 13.9. The van der Waals surface area contributed by atoms with Gasteiger partial charge in [0.05, 0.1) is 16.0 Å². The third kappa shape index (κ3) is 5.18. The molecule has 0 spiro atoms. The number of carboxylic acid groups (broad SMARTS) is 2. The average Bonchev–Trinajstić information content (AvgIpc) is 3.09. The van der Waals surface area contributed by atoms with E-state index in [4.69, 9.17) is 10.2 Å². The highest BCUT2D eigenvalue weighted by Crippen LogP contribution is 2.17. The van der Waals surface area contributed by atoms with Crippen LogP contribution in [0.1, 0.15) is 38.3 Å². The molecule has 1 fully saturated rings. The van der Waals surface area contributed by atoms with Crippen LogP contribution in [0, 0.1) is 13.8 Å². The number of hydrazine groups is 1. The van der Waals surface area contributed by atoms with E-state index in [0.29, 0.717) is 0 Å². The topological polar surface area (TPSA) is 141 Å². The molecular weight excluding hydrogens is 400 g/mol. The van der Waals surface area contributed by atoms with Crippen molar-refractivity contribution >= 4 is 27.9 Å². The number of aromatic carboxylic acids is 2. The summed E-state index contributed by atoms with van der Waals surface area (Å²) < 4.78 is 25.0. The van der Waals surface area contributed by atoms with Gasteiger partial charge in [-0.2, -0.15) is 0 Å². The maximum atomic E-state index is 12.0. The molecule has 10 heteroatoms. The lowest BCUT2D eigenvalue weighted by Crippen LogP contribution is -2.38. The molecule has 1 amide bonds. The van der Waals surface area contributed by atoms with Gasteiger partial charge in [0.2, 0.25) is 5.91 Å². The third-order valence-electron chi connectivity index (χ3n) is 4.19. The van der Waals surface area contributed by atoms with E-state index < -0.39 is 22.0 Å². The minimum atomic E-state index is -3.59. The predicted octanol–water partition coefficient (Wildman–Crippen LogP) is 1.81. The number of amides is 1. The zero-order valence-corrected chi connectivity index (χ0v) is 16.6. The fraction of sp³-hybridized carbons (Fsp3) is 0.211. The fourth-order valence-corrected chi connectivity index (χ4v) is 3.86. The Bertz CT molecular complexity index is 1010. The molecule has 3 rings (SSSR count). The highest BCUT2D eigenvalue weighted by molar-refractivity contribution is 7.89. The highest BCUT2D eigenvalue weighted by Gasteiger charge is 2.30. The summed E-state index contributed by atoms with van der Waals surface area (Å²) in [6.45, 7) is 3.55. The van der Waals surface area contributed by atoms with Crippen molar-refractivity contribution in [2.24, 2.45) is 0 Å². The van der Waals surface area contributed by atoms with E-state index in [-0.39, 0.29) is 40.5 Å². The molecule has 154 valence electrons. The largest absolute Gasteiger partial charge is 0.478 e. The van der Waals surface area contributed by atoms with Crippen molar-refractivity contribution in [3.63, 3.8) is 0 Å². The fourth-order valence-electron chi connectivity index (χ4n) is 2.57. The molecule has 0 radical (unpaired) electrons. The Balaban J connectivity index is 0.000000212. The van der Waals surface area contributed by atoms with Crippen LogP contribution in [0.15, 0.2) is 47.4 Å². The van der Waals surface area contributed by atoms with Gasteiger partial charge in [0, 0.05) is 13.0 Å². The smallest absolute Gasteiger partial charge is 0.335 e. The molecule has 1 heterocycles. The van der Waals surface area contributed by atoms with Crippen LogP contribution in [0.25, 0.3) is 0 Å². The van der Waals surface area contributed by atoms with Gasteiger partial charge in [-0.05, 0) is 43.7 Å². The molecule has 1 saturated heterocycles. The maximum Gasteiger partial charge on any atom is 0.335 e. The third-order valence-corrected chi connectivity index (χ3v) is 5.92. The summed E-state index contributed by atoms with van der Waals surface area (Å²) in [5, 5.41) is 17.4. The van der Waals surface area contributed by atoms with Crippen LogP contribution in [-0.4, -0.2) is 47.4 Å². The molecule has 0 aliphatic carbocycles. The number of aryl methyl sites for hydroxylation is 1. The van der Waals surface area contributed by atoms with Crippen molar-refractivity contribution in [1.82, 2.24) is 9.84 Å². The Morgan fingerprint density at radius 1 is 0.966 bits per heavy atom. The zero-order chi connectivity index (χ0) is 21.8. The standard InChI is InChI=1S/C10H12N2O3S.C9H8O4/c1-8-2-4-9(5-3-8)16(14,15)12-7-6-10(13)11-12;1-5-6(8(10)11)3-2-4-7(5)9(12)13/h2-5H,6-7H2,1H3,(H,11,13);2-4H,1H3,(H,10,11)(H,12,13). The van der Waals surface area contributed by atoms with Gasteiger partial charge in [0.1, 0.15) is 0 Å². The van der Waals surface area contributed by atoms with Crippen molar-refractivity contribution < 1.29 is 33.0 Å². The average molecular weight is 420 g/mol. The first kappa shape index (κ1) is 22.1. The maximum absolute atomic E-state index is 12.0. The number of sulfonamides is 1. The molecule has 9 nitrogen and oxygen atoms in total. The van der Waals surface area contributed by atoms with Gasteiger partial charge in [0.15, 0.2) is 0 Å². The lowest BCUT2D eigenvalue weighted by Gasteiger charge is -2.15. The van der Waals surface area contributed by atoms with E-state index in [1.54, 1.807) is 12.1 Å². The van der Waals surface area contributed by atoms with Crippen molar-refractivity contribution in [3.05, 3.63) is 64.7 Å². The Morgan fingerprint density at radius 2 is 1.48 bits per heavy atom. The van der Waals surface area contributed by atoms with Crippen molar-refractivity contribution in [2.75, 3.05) is 6.54 Å². The van der Waals surface area contributed by atoms with Crippen LogP contribution < -0.4 is 5.43 Å². The van der Waals surface area contributed by atoms with Gasteiger partial charge in [-0.1, -0.05) is 23.8 Å². The van der Waals surface area contributed by atoms with Crippen LogP contribution in [-0.2, 0) is 14.8 Å². The number of nitrogens with one attached hydrogen (secondary N) is 1. The molecular formula is C19H20N2O7S. The summed E-state index contributed by atoms with van der Waals surface area (Å²) in [5.74, 6) is -2.49. The van der Waals surface area contributed by atoms with Gasteiger partial charge in [-0.25, -0.2) is 18.0 Å². The zero-order valence-electron chi connectivity index (χ0n) is 15.7. The van der Waals surface area contributed by atoms with E-state index in [0.717, 1.165) is 9.98 Å². The van der Waals surface area contributed by atoms with Crippen LogP contribution in [0.4, 0.5) is 0 Å². The first-order chi connectivity index (χ1) is 13.5. The minimum absolute atomic E-state index is 0.0277. The van der Waals surface area contributed by atoms with Crippen LogP contribution >= 0.6 is 0 Å². The second kappa shape index (κ2) is 8.84. The Hall–Kier alpha value is -3.24. The summed E-state index contributed by atoms with van der Waals surface area (Å²) in [7, 11) is -3.59. The second-order valence-electron chi connectivity index (χ2n) is 6.26. The van der Waals surface area contributed by atoms with Gasteiger partial charge in [-0.15, -0.1) is 4.41 Å². The quantitative estimate of drug-likeness (QED) is 0.685. The first-order valence-corrected chi connectivity index (χ1v) is 9.93. The second-order valence-corrected chi connectivity index (χ2v) is 8.13. The van der Waals surface area contributed by atoms with Gasteiger partial charge in [0.25, 0.3) is 10.0 Å². The molecule has 0 saturated carbocycles. The molecule has 1 aliphatic rings. The molecule has 0 atom stereocenters. The van der Waals surface area contributed by atoms with Crippen LogP contribution in [0.5, 0.6) is 0 Å². The molecule has 0 bridgehead atoms. The predicted molar refractivity (Wildman–Crippen MR) is 103 cm³/mol. The van der Waals surface area contributed by atoms with Crippen molar-refractivity contribution in [1.29, 1.82) is 0 Å². The summed E-state index contributed by atoms with van der Waals surface area (Å²) in [4.78, 5) is 32.4. The highest BCUT2D eigenvalue weighted by atomic mass is 32.2. The number of rotatable bonds is 4. The van der Waals surface area contributed by atoms with Crippen LogP contribution in [0.2, 0.25) is 0 Å². The summed E-state index contributed by atoms with van der Waals surface area (Å²) >= 11 is 0. The number of nitrogens with zero attached hydrogens (tertiary/aromatic N) is 1. The SMILES string of the molecule is Cc1c(C(=O)O)cccc1C(=O)O.Cc1ccc(S(=O)(=O)N2CCC(=O)N2)cc1. The number of hydrogen-bond donors (Lipinski definition) is 3. The van der Waals surface area contributed by atoms with Crippen molar-refractivity contribution in [2.45, 2.75) is 25.2 Å². The summed E-state index contributed by atoms with van der Waals surface area (Å²) in [6.07, 6.45) is 0.213. The Labute approximate surface area is 167 Å². The van der Waals surface area contributed by atoms with E-state index in [2.05, 4.69) is 5.43 Å².